The molecule has 2 N–H and O–H groups in total. The summed E-state index contributed by atoms with van der Waals surface area (Å²) in [6.07, 6.45) is 7.19. The van der Waals surface area contributed by atoms with E-state index in [0.29, 0.717) is 30.7 Å². The molecule has 2 bridgehead atoms. The fourth-order valence-corrected chi connectivity index (χ4v) is 6.43. The molecule has 0 heterocycles. The molecule has 2 amide bonds. The molecule has 18 heteroatoms. The number of nitrogens with one attached hydrogen (secondary N) is 2. The van der Waals surface area contributed by atoms with Crippen molar-refractivity contribution in [3.05, 3.63) is 75.9 Å². The summed E-state index contributed by atoms with van der Waals surface area (Å²) >= 11 is 0. The molecule has 2 fully saturated rings. The zero-order valence-corrected chi connectivity index (χ0v) is 32.4. The first-order valence-corrected chi connectivity index (χ1v) is 18.2. The predicted octanol–water partition coefficient (Wildman–Crippen LogP) is 2.84. The van der Waals surface area contributed by atoms with Crippen LogP contribution in [0.15, 0.2) is 75.9 Å². The van der Waals surface area contributed by atoms with Crippen LogP contribution in [0.3, 0.4) is 0 Å². The lowest BCUT2D eigenvalue weighted by molar-refractivity contribution is -0.161. The molecule has 18 nitrogen and oxygen atoms in total. The Morgan fingerprint density at radius 2 is 0.724 bits per heavy atom. The molecule has 0 saturated heterocycles. The molecule has 4 atom stereocenters. The topological polar surface area (TPSA) is 234 Å². The molecule has 2 aliphatic rings. The van der Waals surface area contributed by atoms with Gasteiger partial charge in [-0.3, -0.25) is 0 Å². The Kier molecular flexibility index (Phi) is 20.2. The SMILES string of the molecule is C=CC(=O)OCC(COC(=O)C=C)(COC(=O)C=C)COC(=O)NCCC1CC2CC1CC2CNC(=O)OCC(COC(=O)C=C)(COC(=O)C=C)COC(=O)C=C. The summed E-state index contributed by atoms with van der Waals surface area (Å²) in [7, 11) is 0. The Balaban J connectivity index is 1.91. The molecule has 4 unspecified atom stereocenters. The number of fused-ring (bicyclic) bond motifs is 2. The van der Waals surface area contributed by atoms with E-state index in [1.807, 2.05) is 0 Å². The van der Waals surface area contributed by atoms with Gasteiger partial charge in [-0.25, -0.2) is 38.4 Å². The van der Waals surface area contributed by atoms with Crippen LogP contribution in [0, 0.1) is 34.5 Å². The van der Waals surface area contributed by atoms with Gasteiger partial charge in [0.05, 0.1) is 0 Å². The largest absolute Gasteiger partial charge is 0.462 e. The highest BCUT2D eigenvalue weighted by molar-refractivity contribution is 5.83. The van der Waals surface area contributed by atoms with Gasteiger partial charge in [0.2, 0.25) is 0 Å². The Hall–Kier alpha value is -6.20. The third-order valence-electron chi connectivity index (χ3n) is 9.59. The molecule has 0 aromatic rings. The number of carbonyl (C=O) groups excluding carboxylic acids is 8. The Labute approximate surface area is 336 Å². The average molecular weight is 817 g/mol. The first-order chi connectivity index (χ1) is 27.7. The van der Waals surface area contributed by atoms with Gasteiger partial charge in [-0.2, -0.15) is 0 Å². The zero-order valence-electron chi connectivity index (χ0n) is 32.4. The van der Waals surface area contributed by atoms with Crippen molar-refractivity contribution >= 4 is 48.0 Å². The number of esters is 6. The monoisotopic (exact) mass is 816 g/mol. The van der Waals surface area contributed by atoms with Crippen molar-refractivity contribution in [3.8, 4) is 0 Å². The van der Waals surface area contributed by atoms with Gasteiger partial charge < -0.3 is 48.5 Å². The van der Waals surface area contributed by atoms with E-state index in [1.165, 1.54) is 0 Å². The van der Waals surface area contributed by atoms with Gasteiger partial charge in [0.15, 0.2) is 0 Å². The molecule has 0 spiro atoms. The van der Waals surface area contributed by atoms with Crippen LogP contribution in [-0.4, -0.2) is 114 Å². The summed E-state index contributed by atoms with van der Waals surface area (Å²) in [6.45, 7) is 17.0. The summed E-state index contributed by atoms with van der Waals surface area (Å²) in [4.78, 5) is 96.5. The molecule has 0 radical (unpaired) electrons. The van der Waals surface area contributed by atoms with Gasteiger partial charge in [0.1, 0.15) is 63.7 Å². The van der Waals surface area contributed by atoms with E-state index in [9.17, 15) is 38.4 Å². The maximum absolute atomic E-state index is 12.8. The molecule has 2 aliphatic carbocycles. The van der Waals surface area contributed by atoms with Gasteiger partial charge in [0.25, 0.3) is 0 Å². The zero-order chi connectivity index (χ0) is 43.1. The van der Waals surface area contributed by atoms with E-state index in [1.54, 1.807) is 0 Å². The number of hydrogen-bond acceptors (Lipinski definition) is 16. The second kappa shape index (κ2) is 24.4. The fraction of sp³-hybridized carbons (Fsp3) is 0.500. The number of hydrogen-bond donors (Lipinski definition) is 2. The van der Waals surface area contributed by atoms with Gasteiger partial charge in [0, 0.05) is 49.5 Å². The highest BCUT2D eigenvalue weighted by Gasteiger charge is 2.45. The minimum Gasteiger partial charge on any atom is -0.462 e. The van der Waals surface area contributed by atoms with Crippen molar-refractivity contribution in [2.24, 2.45) is 34.5 Å². The summed E-state index contributed by atoms with van der Waals surface area (Å²) in [5.74, 6) is -3.69. The summed E-state index contributed by atoms with van der Waals surface area (Å²) in [5, 5.41) is 5.46. The maximum Gasteiger partial charge on any atom is 0.407 e. The van der Waals surface area contributed by atoms with Crippen molar-refractivity contribution in [1.29, 1.82) is 0 Å². The molecule has 0 aliphatic heterocycles. The second-order valence-corrected chi connectivity index (χ2v) is 13.9. The van der Waals surface area contributed by atoms with Crippen LogP contribution in [0.4, 0.5) is 9.59 Å². The van der Waals surface area contributed by atoms with Crippen molar-refractivity contribution in [3.63, 3.8) is 0 Å². The standard InChI is InChI=1S/C40H52N2O16/c1-7-31(43)51-19-39(20-52-32(44)8-2,21-53-33(45)9-3)25-57-37(49)41-14-13-27-15-29-16-28(27)17-30(29)18-42-38(50)58-26-40(22-54-34(46)10-4,23-55-35(47)11-5)24-56-36(48)12-6/h7-12,27-30H,1-6,13-26H2,(H,41,49)(H,42,50). The van der Waals surface area contributed by atoms with E-state index >= 15 is 0 Å². The third kappa shape index (κ3) is 16.5. The van der Waals surface area contributed by atoms with E-state index in [4.69, 9.17) is 37.9 Å². The first kappa shape index (κ1) is 48.0. The number of rotatable bonds is 27. The summed E-state index contributed by atoms with van der Waals surface area (Å²) < 4.78 is 41.7. The normalized spacial score (nSPS) is 17.8. The van der Waals surface area contributed by atoms with Crippen LogP contribution >= 0.6 is 0 Å². The number of carbonyl (C=O) groups is 8. The van der Waals surface area contributed by atoms with Crippen molar-refractivity contribution < 1.29 is 76.3 Å². The quantitative estimate of drug-likeness (QED) is 0.0689. The number of alkyl carbamates (subject to hydrolysis) is 2. The predicted molar refractivity (Wildman–Crippen MR) is 203 cm³/mol. The number of amides is 2. The van der Waals surface area contributed by atoms with Crippen LogP contribution in [0.25, 0.3) is 0 Å². The van der Waals surface area contributed by atoms with Crippen LogP contribution in [0.2, 0.25) is 0 Å². The van der Waals surface area contributed by atoms with Crippen LogP contribution in [-0.2, 0) is 66.7 Å². The molecule has 2 saturated carbocycles. The summed E-state index contributed by atoms with van der Waals surface area (Å²) in [6, 6.07) is 0. The van der Waals surface area contributed by atoms with Gasteiger partial charge in [-0.1, -0.05) is 39.5 Å². The number of ether oxygens (including phenoxy) is 8. The minimum atomic E-state index is -1.46. The van der Waals surface area contributed by atoms with E-state index in [-0.39, 0.29) is 12.5 Å². The molecule has 2 rings (SSSR count). The van der Waals surface area contributed by atoms with Crippen molar-refractivity contribution in [2.45, 2.75) is 25.7 Å². The second-order valence-electron chi connectivity index (χ2n) is 13.9. The van der Waals surface area contributed by atoms with Crippen LogP contribution in [0.5, 0.6) is 0 Å². The molecule has 0 aromatic heterocycles. The molecule has 0 aromatic carbocycles. The Morgan fingerprint density at radius 3 is 1.03 bits per heavy atom. The lowest BCUT2D eigenvalue weighted by Crippen LogP contribution is -2.45. The van der Waals surface area contributed by atoms with Gasteiger partial charge >= 0.3 is 48.0 Å². The van der Waals surface area contributed by atoms with E-state index in [2.05, 4.69) is 50.1 Å². The van der Waals surface area contributed by atoms with Crippen molar-refractivity contribution in [1.82, 2.24) is 10.6 Å². The van der Waals surface area contributed by atoms with Gasteiger partial charge in [-0.05, 0) is 49.4 Å². The highest BCUT2D eigenvalue weighted by atomic mass is 16.6. The molecule has 58 heavy (non-hydrogen) atoms. The molecular formula is C40H52N2O16. The smallest absolute Gasteiger partial charge is 0.407 e. The lowest BCUT2D eigenvalue weighted by Gasteiger charge is -2.31. The summed E-state index contributed by atoms with van der Waals surface area (Å²) in [5.41, 5.74) is -2.92. The van der Waals surface area contributed by atoms with Crippen LogP contribution < -0.4 is 10.6 Å². The van der Waals surface area contributed by atoms with Crippen molar-refractivity contribution in [2.75, 3.05) is 65.9 Å². The maximum atomic E-state index is 12.8. The Morgan fingerprint density at radius 1 is 0.431 bits per heavy atom. The lowest BCUT2D eigenvalue weighted by atomic mass is 9.80. The highest BCUT2D eigenvalue weighted by Crippen LogP contribution is 2.52. The average Bonchev–Trinajstić information content (AvgIpc) is 3.84. The van der Waals surface area contributed by atoms with E-state index in [0.717, 1.165) is 55.7 Å². The minimum absolute atomic E-state index is 0.167. The van der Waals surface area contributed by atoms with Gasteiger partial charge in [-0.15, -0.1) is 0 Å². The molecular weight excluding hydrogens is 764 g/mol. The first-order valence-electron chi connectivity index (χ1n) is 18.2. The Bertz CT molecular complexity index is 1450. The van der Waals surface area contributed by atoms with E-state index < -0.39 is 112 Å². The third-order valence-corrected chi connectivity index (χ3v) is 9.59. The molecule has 318 valence electrons. The fourth-order valence-electron chi connectivity index (χ4n) is 6.43. The van der Waals surface area contributed by atoms with Crippen LogP contribution in [0.1, 0.15) is 25.7 Å².